The third-order valence-corrected chi connectivity index (χ3v) is 8.71. The van der Waals surface area contributed by atoms with Gasteiger partial charge in [0.2, 0.25) is 0 Å². The summed E-state index contributed by atoms with van der Waals surface area (Å²) in [6.07, 6.45) is 6.29. The maximum atomic E-state index is 15.5. The van der Waals surface area contributed by atoms with Crippen molar-refractivity contribution in [1.29, 1.82) is 0 Å². The number of amides is 1. The van der Waals surface area contributed by atoms with E-state index in [9.17, 15) is 9.59 Å². The monoisotopic (exact) mass is 673 g/mol. The van der Waals surface area contributed by atoms with Crippen molar-refractivity contribution in [2.75, 3.05) is 38.7 Å². The molecule has 0 radical (unpaired) electrons. The molecular formula is C39H36FN5O5. The average molecular weight is 674 g/mol. The van der Waals surface area contributed by atoms with Crippen LogP contribution in [0.3, 0.4) is 0 Å². The first-order valence-electron chi connectivity index (χ1n) is 16.7. The molecule has 3 heterocycles. The summed E-state index contributed by atoms with van der Waals surface area (Å²) < 4.78 is 34.6. The molecule has 0 spiro atoms. The molecule has 4 aromatic carbocycles. The van der Waals surface area contributed by atoms with E-state index in [-0.39, 0.29) is 17.1 Å². The molecule has 11 heteroatoms. The molecule has 0 bridgehead atoms. The third kappa shape index (κ3) is 6.99. The lowest BCUT2D eigenvalue weighted by Crippen LogP contribution is -2.31. The van der Waals surface area contributed by atoms with Gasteiger partial charge < -0.3 is 24.4 Å². The highest BCUT2D eigenvalue weighted by atomic mass is 19.1. The number of nitrogens with one attached hydrogen (secondary N) is 1. The molecule has 0 aliphatic carbocycles. The van der Waals surface area contributed by atoms with Crippen LogP contribution >= 0.6 is 0 Å². The summed E-state index contributed by atoms with van der Waals surface area (Å²) in [5, 5.41) is 3.22. The molecule has 1 saturated heterocycles. The Morgan fingerprint density at radius 3 is 2.46 bits per heavy atom. The number of pyridine rings is 1. The van der Waals surface area contributed by atoms with Crippen LogP contribution in [0.2, 0.25) is 0 Å². The highest BCUT2D eigenvalue weighted by Crippen LogP contribution is 2.38. The van der Waals surface area contributed by atoms with E-state index in [1.807, 2.05) is 6.07 Å². The molecule has 1 aliphatic rings. The van der Waals surface area contributed by atoms with Crippen LogP contribution in [0.1, 0.15) is 36.2 Å². The SMILES string of the molecule is COc1cc2c(Oc3ccc(NC(=O)c4nc5ccccc5n(-c5ccccc5)c4=O)cc3F)ccnc2cc1OCCCN1CCCCC1. The van der Waals surface area contributed by atoms with Crippen LogP contribution in [-0.2, 0) is 0 Å². The zero-order valence-electron chi connectivity index (χ0n) is 27.6. The fourth-order valence-corrected chi connectivity index (χ4v) is 6.23. The summed E-state index contributed by atoms with van der Waals surface area (Å²) in [6.45, 7) is 3.82. The van der Waals surface area contributed by atoms with Crippen LogP contribution in [0.4, 0.5) is 10.1 Å². The number of hydrogen-bond acceptors (Lipinski definition) is 8. The molecule has 2 aromatic heterocycles. The van der Waals surface area contributed by atoms with Gasteiger partial charge >= 0.3 is 0 Å². The van der Waals surface area contributed by atoms with Crippen LogP contribution in [0.5, 0.6) is 23.0 Å². The zero-order valence-corrected chi connectivity index (χ0v) is 27.6. The number of benzene rings is 4. The molecule has 7 rings (SSSR count). The predicted octanol–water partition coefficient (Wildman–Crippen LogP) is 7.38. The van der Waals surface area contributed by atoms with Gasteiger partial charge in [-0.1, -0.05) is 36.8 Å². The van der Waals surface area contributed by atoms with Crippen molar-refractivity contribution in [1.82, 2.24) is 19.4 Å². The van der Waals surface area contributed by atoms with Crippen LogP contribution in [-0.4, -0.2) is 58.7 Å². The minimum absolute atomic E-state index is 0.0669. The number of halogens is 1. The second kappa shape index (κ2) is 14.8. The molecular weight excluding hydrogens is 637 g/mol. The Hall–Kier alpha value is -5.81. The number of nitrogens with zero attached hydrogens (tertiary/aromatic N) is 4. The number of likely N-dealkylation sites (tertiary alicyclic amines) is 1. The Balaban J connectivity index is 1.08. The molecule has 254 valence electrons. The van der Waals surface area contributed by atoms with Crippen LogP contribution in [0.25, 0.3) is 27.6 Å². The first-order valence-corrected chi connectivity index (χ1v) is 16.7. The summed E-state index contributed by atoms with van der Waals surface area (Å²) in [7, 11) is 1.57. The normalized spacial score (nSPS) is 13.3. The second-order valence-corrected chi connectivity index (χ2v) is 12.1. The Morgan fingerprint density at radius 2 is 1.66 bits per heavy atom. The van der Waals surface area contributed by atoms with E-state index < -0.39 is 17.3 Å². The Kier molecular flexibility index (Phi) is 9.65. The van der Waals surface area contributed by atoms with Gasteiger partial charge in [-0.05, 0) is 80.9 Å². The number of hydrogen-bond donors (Lipinski definition) is 1. The van der Waals surface area contributed by atoms with E-state index in [1.165, 1.54) is 36.0 Å². The van der Waals surface area contributed by atoms with Crippen molar-refractivity contribution < 1.29 is 23.4 Å². The van der Waals surface area contributed by atoms with Crippen LogP contribution < -0.4 is 25.1 Å². The highest BCUT2D eigenvalue weighted by Gasteiger charge is 2.20. The number of ether oxygens (including phenoxy) is 3. The second-order valence-electron chi connectivity index (χ2n) is 12.1. The van der Waals surface area contributed by atoms with E-state index in [1.54, 1.807) is 80.0 Å². The van der Waals surface area contributed by atoms with Gasteiger partial charge in [0.1, 0.15) is 5.75 Å². The number of carbonyl (C=O) groups is 1. The molecule has 1 N–H and O–H groups in total. The number of fused-ring (bicyclic) bond motifs is 2. The van der Waals surface area contributed by atoms with Gasteiger partial charge in [0.05, 0.1) is 30.3 Å². The molecule has 1 aliphatic heterocycles. The van der Waals surface area contributed by atoms with Crippen molar-refractivity contribution in [3.8, 4) is 28.7 Å². The summed E-state index contributed by atoms with van der Waals surface area (Å²) in [6, 6.07) is 25.3. The molecule has 1 fully saturated rings. The number of anilines is 1. The number of carbonyl (C=O) groups excluding carboxylic acids is 1. The lowest BCUT2D eigenvalue weighted by atomic mass is 10.1. The summed E-state index contributed by atoms with van der Waals surface area (Å²) in [5.41, 5.74) is 1.41. The van der Waals surface area contributed by atoms with E-state index in [0.29, 0.717) is 51.5 Å². The van der Waals surface area contributed by atoms with E-state index >= 15 is 4.39 Å². The van der Waals surface area contributed by atoms with Gasteiger partial charge in [-0.25, -0.2) is 9.37 Å². The van der Waals surface area contributed by atoms with Crippen LogP contribution in [0, 0.1) is 5.82 Å². The van der Waals surface area contributed by atoms with Crippen molar-refractivity contribution in [3.05, 3.63) is 119 Å². The summed E-state index contributed by atoms with van der Waals surface area (Å²) in [5.74, 6) is -0.103. The topological polar surface area (TPSA) is 108 Å². The van der Waals surface area contributed by atoms with Crippen molar-refractivity contribution in [2.45, 2.75) is 25.7 Å². The fraction of sp³-hybridized carbons (Fsp3) is 0.231. The standard InChI is InChI=1S/C39H36FN5O5/c1-48-35-24-28-31(25-36(35)49-22-10-21-44-19-8-3-9-20-44)41-18-17-33(28)50-34-16-15-26(23-29(34)40)42-38(46)37-39(47)45(27-11-4-2-5-12-27)32-14-7-6-13-30(32)43-37/h2,4-7,11-18,23-25H,3,8-10,19-22H2,1H3,(H,42,46). The minimum atomic E-state index is -0.768. The quantitative estimate of drug-likeness (QED) is 0.142. The number of para-hydroxylation sites is 3. The lowest BCUT2D eigenvalue weighted by Gasteiger charge is -2.26. The lowest BCUT2D eigenvalue weighted by molar-refractivity contribution is 0.102. The van der Waals surface area contributed by atoms with Crippen molar-refractivity contribution in [2.24, 2.45) is 0 Å². The number of piperidine rings is 1. The van der Waals surface area contributed by atoms with Crippen LogP contribution in [0.15, 0.2) is 102 Å². The molecule has 0 atom stereocenters. The average Bonchev–Trinajstić information content (AvgIpc) is 3.14. The van der Waals surface area contributed by atoms with Gasteiger partial charge in [-0.2, -0.15) is 0 Å². The Morgan fingerprint density at radius 1 is 0.860 bits per heavy atom. The third-order valence-electron chi connectivity index (χ3n) is 8.71. The largest absolute Gasteiger partial charge is 0.493 e. The molecule has 6 aromatic rings. The minimum Gasteiger partial charge on any atom is -0.493 e. The summed E-state index contributed by atoms with van der Waals surface area (Å²) >= 11 is 0. The van der Waals surface area contributed by atoms with Crippen molar-refractivity contribution in [3.63, 3.8) is 0 Å². The predicted molar refractivity (Wildman–Crippen MR) is 190 cm³/mol. The molecule has 50 heavy (non-hydrogen) atoms. The van der Waals surface area contributed by atoms with Gasteiger partial charge in [0.25, 0.3) is 11.5 Å². The van der Waals surface area contributed by atoms with Gasteiger partial charge in [0, 0.05) is 41.6 Å². The van der Waals surface area contributed by atoms with Gasteiger partial charge in [-0.15, -0.1) is 0 Å². The van der Waals surface area contributed by atoms with Crippen molar-refractivity contribution >= 4 is 33.5 Å². The van der Waals surface area contributed by atoms with E-state index in [0.717, 1.165) is 32.1 Å². The smallest absolute Gasteiger partial charge is 0.287 e. The molecule has 0 saturated carbocycles. The highest BCUT2D eigenvalue weighted by molar-refractivity contribution is 6.03. The molecule has 10 nitrogen and oxygen atoms in total. The maximum absolute atomic E-state index is 15.5. The van der Waals surface area contributed by atoms with E-state index in [2.05, 4.69) is 20.2 Å². The maximum Gasteiger partial charge on any atom is 0.287 e. The molecule has 1 amide bonds. The zero-order chi connectivity index (χ0) is 34.5. The number of methoxy groups -OCH3 is 1. The summed E-state index contributed by atoms with van der Waals surface area (Å²) in [4.78, 5) is 38.2. The fourth-order valence-electron chi connectivity index (χ4n) is 6.23. The number of rotatable bonds is 11. The first-order chi connectivity index (χ1) is 24.5. The van der Waals surface area contributed by atoms with Gasteiger partial charge in [0.15, 0.2) is 28.8 Å². The first kappa shape index (κ1) is 32.7. The van der Waals surface area contributed by atoms with Gasteiger partial charge in [-0.3, -0.25) is 19.1 Å². The van der Waals surface area contributed by atoms with E-state index in [4.69, 9.17) is 14.2 Å². The Labute approximate surface area is 288 Å². The number of aromatic nitrogens is 3. The molecule has 0 unspecified atom stereocenters. The Bertz CT molecular complexity index is 2220.